The summed E-state index contributed by atoms with van der Waals surface area (Å²) in [5.74, 6) is 0. The van der Waals surface area contributed by atoms with Crippen molar-refractivity contribution in [3.8, 4) is 0 Å². The molecule has 0 amide bonds. The largest absolute Gasteiger partial charge is 0.377 e. The summed E-state index contributed by atoms with van der Waals surface area (Å²) in [6.07, 6.45) is 1.26. The van der Waals surface area contributed by atoms with Gasteiger partial charge in [-0.15, -0.1) is 0 Å². The highest BCUT2D eigenvalue weighted by molar-refractivity contribution is 5.29. The molecule has 0 aromatic heterocycles. The van der Waals surface area contributed by atoms with Crippen LogP contribution < -0.4 is 5.73 Å². The van der Waals surface area contributed by atoms with Gasteiger partial charge in [0.1, 0.15) is 0 Å². The number of aryl methyl sites for hydroxylation is 1. The summed E-state index contributed by atoms with van der Waals surface area (Å²) in [6.45, 7) is 6.79. The highest BCUT2D eigenvalue weighted by atomic mass is 16.5. The fraction of sp³-hybridized carbons (Fsp3) is 0.538. The van der Waals surface area contributed by atoms with Crippen LogP contribution in [0.15, 0.2) is 24.3 Å². The van der Waals surface area contributed by atoms with Crippen LogP contribution in [0.5, 0.6) is 0 Å². The van der Waals surface area contributed by atoms with E-state index >= 15 is 0 Å². The number of benzene rings is 1. The number of ether oxygens (including phenoxy) is 1. The third-order valence-corrected chi connectivity index (χ3v) is 2.44. The summed E-state index contributed by atoms with van der Waals surface area (Å²) in [5, 5.41) is 0. The van der Waals surface area contributed by atoms with Crippen molar-refractivity contribution in [1.29, 1.82) is 0 Å². The molecule has 0 heterocycles. The smallest absolute Gasteiger partial charge is 0.0662 e. The van der Waals surface area contributed by atoms with E-state index < -0.39 is 0 Å². The van der Waals surface area contributed by atoms with Gasteiger partial charge >= 0.3 is 0 Å². The Hall–Kier alpha value is -0.860. The molecule has 2 N–H and O–H groups in total. The van der Waals surface area contributed by atoms with Crippen molar-refractivity contribution < 1.29 is 4.74 Å². The van der Waals surface area contributed by atoms with Gasteiger partial charge in [0, 0.05) is 0 Å². The zero-order chi connectivity index (χ0) is 11.3. The molecule has 1 aromatic rings. The number of rotatable bonds is 5. The fourth-order valence-electron chi connectivity index (χ4n) is 1.60. The van der Waals surface area contributed by atoms with E-state index in [0.717, 1.165) is 6.42 Å². The van der Waals surface area contributed by atoms with Crippen molar-refractivity contribution in [2.45, 2.75) is 39.3 Å². The average molecular weight is 207 g/mol. The quantitative estimate of drug-likeness (QED) is 0.805. The molecule has 1 atom stereocenters. The maximum atomic E-state index is 6.09. The minimum absolute atomic E-state index is 0.0106. The first-order valence-electron chi connectivity index (χ1n) is 5.60. The lowest BCUT2D eigenvalue weighted by Crippen LogP contribution is -2.20. The van der Waals surface area contributed by atoms with Gasteiger partial charge < -0.3 is 10.5 Å². The Morgan fingerprint density at radius 3 is 2.53 bits per heavy atom. The van der Waals surface area contributed by atoms with Gasteiger partial charge in [-0.05, 0) is 31.4 Å². The predicted molar refractivity (Wildman–Crippen MR) is 63.8 cm³/mol. The van der Waals surface area contributed by atoms with Crippen LogP contribution in [0.25, 0.3) is 0 Å². The van der Waals surface area contributed by atoms with E-state index in [0.29, 0.717) is 6.61 Å². The molecule has 0 radical (unpaired) electrons. The molecule has 0 fully saturated rings. The van der Waals surface area contributed by atoms with Gasteiger partial charge in [0.15, 0.2) is 0 Å². The van der Waals surface area contributed by atoms with Gasteiger partial charge in [0.2, 0.25) is 0 Å². The summed E-state index contributed by atoms with van der Waals surface area (Å²) in [4.78, 5) is 0. The van der Waals surface area contributed by atoms with E-state index in [2.05, 4.69) is 25.1 Å². The maximum Gasteiger partial charge on any atom is 0.0662 e. The molecule has 1 aromatic carbocycles. The zero-order valence-corrected chi connectivity index (χ0v) is 9.86. The SMILES string of the molecule is CCc1ccccc1C(N)COC(C)C. The molecule has 0 saturated heterocycles. The summed E-state index contributed by atoms with van der Waals surface area (Å²) in [5.41, 5.74) is 8.62. The number of nitrogens with two attached hydrogens (primary N) is 1. The van der Waals surface area contributed by atoms with Crippen molar-refractivity contribution in [3.63, 3.8) is 0 Å². The van der Waals surface area contributed by atoms with Crippen LogP contribution in [-0.2, 0) is 11.2 Å². The Morgan fingerprint density at radius 2 is 1.93 bits per heavy atom. The summed E-state index contributed by atoms with van der Waals surface area (Å²) < 4.78 is 5.53. The van der Waals surface area contributed by atoms with Crippen LogP contribution in [0.1, 0.15) is 37.9 Å². The highest BCUT2D eigenvalue weighted by Crippen LogP contribution is 2.17. The van der Waals surface area contributed by atoms with E-state index in [9.17, 15) is 0 Å². The van der Waals surface area contributed by atoms with E-state index in [4.69, 9.17) is 10.5 Å². The molecule has 0 bridgehead atoms. The fourth-order valence-corrected chi connectivity index (χ4v) is 1.60. The molecule has 2 heteroatoms. The molecule has 0 spiro atoms. The first-order chi connectivity index (χ1) is 7.15. The highest BCUT2D eigenvalue weighted by Gasteiger charge is 2.10. The van der Waals surface area contributed by atoms with Crippen molar-refractivity contribution >= 4 is 0 Å². The third-order valence-electron chi connectivity index (χ3n) is 2.44. The topological polar surface area (TPSA) is 35.2 Å². The molecule has 1 unspecified atom stereocenters. The van der Waals surface area contributed by atoms with Crippen molar-refractivity contribution in [2.75, 3.05) is 6.61 Å². The Labute approximate surface area is 92.4 Å². The van der Waals surface area contributed by atoms with Crippen LogP contribution >= 0.6 is 0 Å². The molecular formula is C13H21NO. The first kappa shape index (κ1) is 12.2. The molecule has 0 aliphatic rings. The predicted octanol–water partition coefficient (Wildman–Crippen LogP) is 2.67. The average Bonchev–Trinajstić information content (AvgIpc) is 2.25. The van der Waals surface area contributed by atoms with Crippen LogP contribution in [0.3, 0.4) is 0 Å². The van der Waals surface area contributed by atoms with E-state index in [-0.39, 0.29) is 12.1 Å². The Morgan fingerprint density at radius 1 is 1.27 bits per heavy atom. The lowest BCUT2D eigenvalue weighted by molar-refractivity contribution is 0.0682. The normalized spacial score (nSPS) is 13.1. The Bertz CT molecular complexity index is 296. The molecule has 0 aliphatic carbocycles. The second kappa shape index (κ2) is 5.89. The van der Waals surface area contributed by atoms with Crippen LogP contribution in [0, 0.1) is 0 Å². The molecule has 1 rings (SSSR count). The van der Waals surface area contributed by atoms with Gasteiger partial charge in [-0.2, -0.15) is 0 Å². The van der Waals surface area contributed by atoms with Gasteiger partial charge in [0.25, 0.3) is 0 Å². The molecule has 2 nitrogen and oxygen atoms in total. The molecule has 84 valence electrons. The second-order valence-corrected chi connectivity index (χ2v) is 4.04. The van der Waals surface area contributed by atoms with Crippen molar-refractivity contribution in [1.82, 2.24) is 0 Å². The monoisotopic (exact) mass is 207 g/mol. The Balaban J connectivity index is 2.68. The first-order valence-corrected chi connectivity index (χ1v) is 5.60. The summed E-state index contributed by atoms with van der Waals surface area (Å²) in [6, 6.07) is 8.29. The zero-order valence-electron chi connectivity index (χ0n) is 9.86. The Kier molecular flexibility index (Phi) is 4.79. The van der Waals surface area contributed by atoms with Crippen LogP contribution in [-0.4, -0.2) is 12.7 Å². The van der Waals surface area contributed by atoms with E-state index in [1.54, 1.807) is 0 Å². The van der Waals surface area contributed by atoms with Crippen molar-refractivity contribution in [2.24, 2.45) is 5.73 Å². The standard InChI is InChI=1S/C13H21NO/c1-4-11-7-5-6-8-12(11)13(14)9-15-10(2)3/h5-8,10,13H,4,9,14H2,1-3H3. The van der Waals surface area contributed by atoms with Crippen LogP contribution in [0.2, 0.25) is 0 Å². The van der Waals surface area contributed by atoms with E-state index in [1.807, 2.05) is 19.9 Å². The lowest BCUT2D eigenvalue weighted by atomic mass is 10.00. The number of hydrogen-bond donors (Lipinski definition) is 1. The summed E-state index contributed by atoms with van der Waals surface area (Å²) >= 11 is 0. The van der Waals surface area contributed by atoms with Gasteiger partial charge in [-0.25, -0.2) is 0 Å². The number of hydrogen-bond acceptors (Lipinski definition) is 2. The van der Waals surface area contributed by atoms with E-state index in [1.165, 1.54) is 11.1 Å². The molecule has 0 aliphatic heterocycles. The molecular weight excluding hydrogens is 186 g/mol. The second-order valence-electron chi connectivity index (χ2n) is 4.04. The van der Waals surface area contributed by atoms with Gasteiger partial charge in [0.05, 0.1) is 18.8 Å². The minimum Gasteiger partial charge on any atom is -0.377 e. The van der Waals surface area contributed by atoms with Gasteiger partial charge in [-0.1, -0.05) is 31.2 Å². The van der Waals surface area contributed by atoms with Crippen LogP contribution in [0.4, 0.5) is 0 Å². The molecule has 0 saturated carbocycles. The maximum absolute atomic E-state index is 6.09. The minimum atomic E-state index is -0.0106. The van der Waals surface area contributed by atoms with Gasteiger partial charge in [-0.3, -0.25) is 0 Å². The lowest BCUT2D eigenvalue weighted by Gasteiger charge is -2.17. The molecule has 15 heavy (non-hydrogen) atoms. The third kappa shape index (κ3) is 3.65. The van der Waals surface area contributed by atoms with Crippen molar-refractivity contribution in [3.05, 3.63) is 35.4 Å². The summed E-state index contributed by atoms with van der Waals surface area (Å²) in [7, 11) is 0.